The minimum absolute atomic E-state index is 0.0605. The van der Waals surface area contributed by atoms with E-state index in [0.717, 1.165) is 25.3 Å². The Kier molecular flexibility index (Phi) is 5.52. The molecule has 0 bridgehead atoms. The summed E-state index contributed by atoms with van der Waals surface area (Å²) in [7, 11) is -3.77. The van der Waals surface area contributed by atoms with Gasteiger partial charge >= 0.3 is 0 Å². The summed E-state index contributed by atoms with van der Waals surface area (Å²) in [6, 6.07) is 3.67. The molecule has 1 aliphatic heterocycles. The Morgan fingerprint density at radius 1 is 1.27 bits per heavy atom. The van der Waals surface area contributed by atoms with E-state index < -0.39 is 15.8 Å². The summed E-state index contributed by atoms with van der Waals surface area (Å²) in [5, 5.41) is 0. The van der Waals surface area contributed by atoms with Gasteiger partial charge in [-0.2, -0.15) is 0 Å². The third kappa shape index (κ3) is 4.27. The van der Waals surface area contributed by atoms with Crippen molar-refractivity contribution in [1.82, 2.24) is 9.62 Å². The number of rotatable bonds is 5. The number of nitrogens with zero attached hydrogens (tertiary/aromatic N) is 1. The second kappa shape index (κ2) is 7.19. The zero-order valence-electron chi connectivity index (χ0n) is 12.6. The van der Waals surface area contributed by atoms with Gasteiger partial charge < -0.3 is 4.90 Å². The van der Waals surface area contributed by atoms with Crippen molar-refractivity contribution >= 4 is 15.9 Å². The Labute approximate surface area is 130 Å². The maximum absolute atomic E-state index is 13.2. The highest BCUT2D eigenvalue weighted by atomic mass is 32.2. The van der Waals surface area contributed by atoms with Gasteiger partial charge in [-0.1, -0.05) is 12.5 Å². The molecule has 0 aliphatic carbocycles. The third-order valence-electron chi connectivity index (χ3n) is 3.78. The monoisotopic (exact) mass is 328 g/mol. The first-order valence-corrected chi connectivity index (χ1v) is 8.92. The smallest absolute Gasteiger partial charge is 0.240 e. The molecule has 2 rings (SSSR count). The van der Waals surface area contributed by atoms with Crippen molar-refractivity contribution in [2.45, 2.75) is 37.5 Å². The molecule has 5 nitrogen and oxygen atoms in total. The van der Waals surface area contributed by atoms with Crippen LogP contribution in [-0.4, -0.2) is 38.9 Å². The molecule has 0 unspecified atom stereocenters. The Balaban J connectivity index is 1.98. The van der Waals surface area contributed by atoms with Gasteiger partial charge in [0.1, 0.15) is 5.82 Å². The van der Waals surface area contributed by atoms with Gasteiger partial charge in [0.2, 0.25) is 15.9 Å². The second-order valence-electron chi connectivity index (χ2n) is 5.50. The normalized spacial score (nSPS) is 16.6. The lowest BCUT2D eigenvalue weighted by Gasteiger charge is -2.20. The average molecular weight is 328 g/mol. The first kappa shape index (κ1) is 16.9. The molecular weight excluding hydrogens is 307 g/mol. The summed E-state index contributed by atoms with van der Waals surface area (Å²) in [6.07, 6.45) is 3.39. The van der Waals surface area contributed by atoms with Crippen LogP contribution in [0.15, 0.2) is 23.1 Å². The third-order valence-corrected chi connectivity index (χ3v) is 5.39. The predicted octanol–water partition coefficient (Wildman–Crippen LogP) is 1.82. The van der Waals surface area contributed by atoms with Crippen LogP contribution in [-0.2, 0) is 14.8 Å². The highest BCUT2D eigenvalue weighted by Crippen LogP contribution is 2.16. The SMILES string of the molecule is Cc1ccc(F)cc1S(=O)(=O)NCCN1CCCCCC1=O. The average Bonchev–Trinajstić information content (AvgIpc) is 2.66. The van der Waals surface area contributed by atoms with E-state index in [1.807, 2.05) is 0 Å². The van der Waals surface area contributed by atoms with Crippen LogP contribution in [0.2, 0.25) is 0 Å². The van der Waals surface area contributed by atoms with Gasteiger partial charge in [-0.15, -0.1) is 0 Å². The van der Waals surface area contributed by atoms with Crippen LogP contribution in [0.3, 0.4) is 0 Å². The molecule has 0 saturated carbocycles. The topological polar surface area (TPSA) is 66.5 Å². The van der Waals surface area contributed by atoms with E-state index in [1.54, 1.807) is 11.8 Å². The number of hydrogen-bond acceptors (Lipinski definition) is 3. The van der Waals surface area contributed by atoms with E-state index in [9.17, 15) is 17.6 Å². The molecular formula is C15H21FN2O3S. The lowest BCUT2D eigenvalue weighted by Crippen LogP contribution is -2.38. The Hall–Kier alpha value is -1.47. The van der Waals surface area contributed by atoms with Crippen molar-refractivity contribution < 1.29 is 17.6 Å². The molecule has 1 saturated heterocycles. The van der Waals surface area contributed by atoms with Crippen molar-refractivity contribution in [3.63, 3.8) is 0 Å². The van der Waals surface area contributed by atoms with E-state index >= 15 is 0 Å². The zero-order chi connectivity index (χ0) is 16.2. The summed E-state index contributed by atoms with van der Waals surface area (Å²) in [5.41, 5.74) is 0.486. The van der Waals surface area contributed by atoms with Crippen LogP contribution < -0.4 is 4.72 Å². The number of benzene rings is 1. The van der Waals surface area contributed by atoms with Crippen LogP contribution in [0.25, 0.3) is 0 Å². The van der Waals surface area contributed by atoms with Crippen LogP contribution in [0.1, 0.15) is 31.2 Å². The van der Waals surface area contributed by atoms with E-state index in [-0.39, 0.29) is 17.3 Å². The fourth-order valence-electron chi connectivity index (χ4n) is 2.53. The van der Waals surface area contributed by atoms with Crippen molar-refractivity contribution in [3.8, 4) is 0 Å². The second-order valence-corrected chi connectivity index (χ2v) is 7.23. The molecule has 1 N–H and O–H groups in total. The highest BCUT2D eigenvalue weighted by Gasteiger charge is 2.20. The molecule has 1 heterocycles. The predicted molar refractivity (Wildman–Crippen MR) is 81.4 cm³/mol. The number of carbonyl (C=O) groups is 1. The number of nitrogens with one attached hydrogen (secondary N) is 1. The highest BCUT2D eigenvalue weighted by molar-refractivity contribution is 7.89. The Morgan fingerprint density at radius 3 is 2.82 bits per heavy atom. The van der Waals surface area contributed by atoms with Crippen LogP contribution in [0.5, 0.6) is 0 Å². The van der Waals surface area contributed by atoms with E-state index in [2.05, 4.69) is 4.72 Å². The number of carbonyl (C=O) groups excluding carboxylic acids is 1. The van der Waals surface area contributed by atoms with E-state index in [0.29, 0.717) is 25.1 Å². The van der Waals surface area contributed by atoms with Gasteiger partial charge in [0.05, 0.1) is 4.90 Å². The molecule has 1 aromatic rings. The summed E-state index contributed by atoms with van der Waals surface area (Å²) in [6.45, 7) is 2.75. The molecule has 1 aliphatic rings. The molecule has 1 aromatic carbocycles. The number of aryl methyl sites for hydroxylation is 1. The van der Waals surface area contributed by atoms with Gasteiger partial charge in [-0.3, -0.25) is 4.79 Å². The molecule has 0 atom stereocenters. The molecule has 0 spiro atoms. The number of sulfonamides is 1. The molecule has 1 amide bonds. The minimum Gasteiger partial charge on any atom is -0.341 e. The minimum atomic E-state index is -3.77. The van der Waals surface area contributed by atoms with Crippen LogP contribution in [0, 0.1) is 12.7 Å². The van der Waals surface area contributed by atoms with Gasteiger partial charge in [0.25, 0.3) is 0 Å². The molecule has 7 heteroatoms. The van der Waals surface area contributed by atoms with Crippen LogP contribution >= 0.6 is 0 Å². The molecule has 0 radical (unpaired) electrons. The van der Waals surface area contributed by atoms with Crippen molar-refractivity contribution in [2.75, 3.05) is 19.6 Å². The largest absolute Gasteiger partial charge is 0.341 e. The fourth-order valence-corrected chi connectivity index (χ4v) is 3.81. The quantitative estimate of drug-likeness (QED) is 0.896. The van der Waals surface area contributed by atoms with Crippen molar-refractivity contribution in [3.05, 3.63) is 29.6 Å². The molecule has 22 heavy (non-hydrogen) atoms. The number of likely N-dealkylation sites (tertiary alicyclic amines) is 1. The summed E-state index contributed by atoms with van der Waals surface area (Å²) in [5.74, 6) is -0.521. The van der Waals surface area contributed by atoms with Gasteiger partial charge in [0.15, 0.2) is 0 Å². The molecule has 1 fully saturated rings. The standard InChI is InChI=1S/C15H21FN2O3S/c1-12-6-7-13(16)11-14(12)22(20,21)17-8-10-18-9-4-2-3-5-15(18)19/h6-7,11,17H,2-5,8-10H2,1H3. The molecule has 0 aromatic heterocycles. The first-order valence-electron chi connectivity index (χ1n) is 7.44. The van der Waals surface area contributed by atoms with Gasteiger partial charge in [0, 0.05) is 26.1 Å². The summed E-state index contributed by atoms with van der Waals surface area (Å²) >= 11 is 0. The van der Waals surface area contributed by atoms with Gasteiger partial charge in [-0.05, 0) is 37.5 Å². The summed E-state index contributed by atoms with van der Waals surface area (Å²) in [4.78, 5) is 13.5. The Bertz CT molecular complexity index is 646. The van der Waals surface area contributed by atoms with Crippen molar-refractivity contribution in [2.24, 2.45) is 0 Å². The maximum Gasteiger partial charge on any atom is 0.240 e. The van der Waals surface area contributed by atoms with E-state index in [4.69, 9.17) is 0 Å². The lowest BCUT2D eigenvalue weighted by atomic mass is 10.2. The zero-order valence-corrected chi connectivity index (χ0v) is 13.5. The van der Waals surface area contributed by atoms with E-state index in [1.165, 1.54) is 12.1 Å². The number of halogens is 1. The first-order chi connectivity index (χ1) is 10.4. The lowest BCUT2D eigenvalue weighted by molar-refractivity contribution is -0.130. The fraction of sp³-hybridized carbons (Fsp3) is 0.533. The maximum atomic E-state index is 13.2. The Morgan fingerprint density at radius 2 is 2.05 bits per heavy atom. The number of amides is 1. The number of hydrogen-bond donors (Lipinski definition) is 1. The van der Waals surface area contributed by atoms with Crippen LogP contribution in [0.4, 0.5) is 4.39 Å². The molecule has 122 valence electrons. The van der Waals surface area contributed by atoms with Crippen molar-refractivity contribution in [1.29, 1.82) is 0 Å². The summed E-state index contributed by atoms with van der Waals surface area (Å²) < 4.78 is 40.1. The van der Waals surface area contributed by atoms with Gasteiger partial charge in [-0.25, -0.2) is 17.5 Å².